The molecule has 31 heavy (non-hydrogen) atoms. The molecule has 2 aromatic carbocycles. The molecule has 162 valence electrons. The van der Waals surface area contributed by atoms with Gasteiger partial charge in [0.05, 0.1) is 7.11 Å². The number of likely N-dealkylation sites (tertiary alicyclic amines) is 1. The number of methoxy groups -OCH3 is 1. The Morgan fingerprint density at radius 1 is 1.10 bits per heavy atom. The first kappa shape index (κ1) is 20.9. The van der Waals surface area contributed by atoms with Gasteiger partial charge in [-0.05, 0) is 60.7 Å². The van der Waals surface area contributed by atoms with E-state index in [4.69, 9.17) is 9.26 Å². The number of anilines is 1. The highest BCUT2D eigenvalue weighted by atomic mass is 16.5. The third-order valence-electron chi connectivity index (χ3n) is 5.75. The van der Waals surface area contributed by atoms with E-state index < -0.39 is 0 Å². The maximum Gasteiger partial charge on any atom is 0.321 e. The van der Waals surface area contributed by atoms with Gasteiger partial charge in [0.15, 0.2) is 0 Å². The minimum Gasteiger partial charge on any atom is -0.497 e. The number of amides is 2. The molecule has 0 spiro atoms. The predicted octanol–water partition coefficient (Wildman–Crippen LogP) is 5.28. The fourth-order valence-electron chi connectivity index (χ4n) is 3.74. The predicted molar refractivity (Wildman–Crippen MR) is 119 cm³/mol. The number of carbonyl (C=O) groups excluding carboxylic acids is 1. The minimum atomic E-state index is -0.0693. The van der Waals surface area contributed by atoms with Crippen molar-refractivity contribution in [2.45, 2.75) is 38.5 Å². The van der Waals surface area contributed by atoms with Crippen LogP contribution in [0.25, 0.3) is 11.4 Å². The van der Waals surface area contributed by atoms with Crippen LogP contribution in [-0.2, 0) is 0 Å². The van der Waals surface area contributed by atoms with Crippen LogP contribution in [0.4, 0.5) is 10.5 Å². The molecule has 2 amide bonds. The van der Waals surface area contributed by atoms with Crippen LogP contribution in [0.1, 0.15) is 50.0 Å². The summed E-state index contributed by atoms with van der Waals surface area (Å²) < 4.78 is 10.7. The summed E-state index contributed by atoms with van der Waals surface area (Å²) in [6, 6.07) is 15.5. The first-order chi connectivity index (χ1) is 15.0. The molecule has 0 bridgehead atoms. The molecule has 1 saturated heterocycles. The number of hydrogen-bond donors (Lipinski definition) is 1. The summed E-state index contributed by atoms with van der Waals surface area (Å²) in [6.45, 7) is 5.61. The van der Waals surface area contributed by atoms with Crippen LogP contribution < -0.4 is 10.1 Å². The van der Waals surface area contributed by atoms with E-state index in [1.165, 1.54) is 5.56 Å². The van der Waals surface area contributed by atoms with Gasteiger partial charge in [-0.15, -0.1) is 0 Å². The summed E-state index contributed by atoms with van der Waals surface area (Å²) in [7, 11) is 1.64. The lowest BCUT2D eigenvalue weighted by atomic mass is 9.97. The molecule has 0 saturated carbocycles. The van der Waals surface area contributed by atoms with Crippen molar-refractivity contribution in [3.63, 3.8) is 0 Å². The number of ether oxygens (including phenoxy) is 1. The Labute approximate surface area is 182 Å². The van der Waals surface area contributed by atoms with Crippen molar-refractivity contribution in [1.29, 1.82) is 0 Å². The van der Waals surface area contributed by atoms with E-state index in [9.17, 15) is 4.79 Å². The zero-order valence-electron chi connectivity index (χ0n) is 18.2. The summed E-state index contributed by atoms with van der Waals surface area (Å²) >= 11 is 0. The second kappa shape index (κ2) is 9.20. The number of piperidine rings is 1. The molecule has 0 aliphatic carbocycles. The second-order valence-electron chi connectivity index (χ2n) is 8.15. The monoisotopic (exact) mass is 420 g/mol. The van der Waals surface area contributed by atoms with Crippen LogP contribution in [0.5, 0.6) is 5.75 Å². The number of urea groups is 1. The molecule has 7 nitrogen and oxygen atoms in total. The van der Waals surface area contributed by atoms with E-state index in [1.54, 1.807) is 7.11 Å². The Balaban J connectivity index is 1.32. The third-order valence-corrected chi connectivity index (χ3v) is 5.75. The number of carbonyl (C=O) groups is 1. The highest BCUT2D eigenvalue weighted by Crippen LogP contribution is 2.29. The molecule has 1 N–H and O–H groups in total. The Morgan fingerprint density at radius 3 is 2.39 bits per heavy atom. The second-order valence-corrected chi connectivity index (χ2v) is 8.15. The summed E-state index contributed by atoms with van der Waals surface area (Å²) in [6.07, 6.45) is 1.59. The van der Waals surface area contributed by atoms with Gasteiger partial charge in [0, 0.05) is 30.3 Å². The van der Waals surface area contributed by atoms with Crippen molar-refractivity contribution in [3.05, 3.63) is 60.0 Å². The lowest BCUT2D eigenvalue weighted by Crippen LogP contribution is -2.40. The van der Waals surface area contributed by atoms with Crippen LogP contribution in [0.15, 0.2) is 53.1 Å². The molecule has 4 rings (SSSR count). The summed E-state index contributed by atoms with van der Waals surface area (Å²) in [5.74, 6) is 2.62. The standard InChI is InChI=1S/C24H28N4O3/c1-16(2)17-4-8-20(9-5-17)25-24(29)28-14-12-19(13-15-28)23-26-22(27-31-23)18-6-10-21(30-3)11-7-18/h4-11,16,19H,12-15H2,1-3H3,(H,25,29). The van der Waals surface area contributed by atoms with Crippen LogP contribution in [0.3, 0.4) is 0 Å². The normalized spacial score (nSPS) is 14.6. The molecule has 1 aliphatic rings. The van der Waals surface area contributed by atoms with Gasteiger partial charge in [0.2, 0.25) is 11.7 Å². The van der Waals surface area contributed by atoms with Crippen molar-refractivity contribution >= 4 is 11.7 Å². The van der Waals surface area contributed by atoms with Crippen molar-refractivity contribution in [1.82, 2.24) is 15.0 Å². The van der Waals surface area contributed by atoms with Gasteiger partial charge in [0.1, 0.15) is 5.75 Å². The SMILES string of the molecule is COc1ccc(-c2noc(C3CCN(C(=O)Nc4ccc(C(C)C)cc4)CC3)n2)cc1. The van der Waals surface area contributed by atoms with Gasteiger partial charge in [-0.1, -0.05) is 31.1 Å². The molecule has 7 heteroatoms. The number of hydrogen-bond acceptors (Lipinski definition) is 5. The van der Waals surface area contributed by atoms with Crippen LogP contribution in [-0.4, -0.2) is 41.3 Å². The number of nitrogens with one attached hydrogen (secondary N) is 1. The fourth-order valence-corrected chi connectivity index (χ4v) is 3.74. The molecule has 0 radical (unpaired) electrons. The lowest BCUT2D eigenvalue weighted by molar-refractivity contribution is 0.187. The minimum absolute atomic E-state index is 0.0693. The highest BCUT2D eigenvalue weighted by Gasteiger charge is 2.27. The molecule has 1 fully saturated rings. The molecular formula is C24H28N4O3. The Hall–Kier alpha value is -3.35. The van der Waals surface area contributed by atoms with Crippen molar-refractivity contribution < 1.29 is 14.1 Å². The van der Waals surface area contributed by atoms with Crippen LogP contribution >= 0.6 is 0 Å². The van der Waals surface area contributed by atoms with E-state index in [0.717, 1.165) is 29.8 Å². The number of benzene rings is 2. The Kier molecular flexibility index (Phi) is 6.21. The van der Waals surface area contributed by atoms with Gasteiger partial charge >= 0.3 is 6.03 Å². The zero-order chi connectivity index (χ0) is 21.8. The molecule has 1 aromatic heterocycles. The first-order valence-electron chi connectivity index (χ1n) is 10.7. The first-order valence-corrected chi connectivity index (χ1v) is 10.7. The topological polar surface area (TPSA) is 80.5 Å². The molecule has 2 heterocycles. The quantitative estimate of drug-likeness (QED) is 0.607. The van der Waals surface area contributed by atoms with E-state index in [0.29, 0.717) is 30.7 Å². The maximum atomic E-state index is 12.6. The Morgan fingerprint density at radius 2 is 1.77 bits per heavy atom. The molecular weight excluding hydrogens is 392 g/mol. The van der Waals surface area contributed by atoms with Gasteiger partial charge in [-0.2, -0.15) is 4.98 Å². The molecule has 0 unspecified atom stereocenters. The largest absolute Gasteiger partial charge is 0.497 e. The summed E-state index contributed by atoms with van der Waals surface area (Å²) in [5, 5.41) is 7.12. The number of aromatic nitrogens is 2. The fraction of sp³-hybridized carbons (Fsp3) is 0.375. The smallest absolute Gasteiger partial charge is 0.321 e. The van der Waals surface area contributed by atoms with Crippen LogP contribution in [0, 0.1) is 0 Å². The average Bonchev–Trinajstić information content (AvgIpc) is 3.30. The lowest BCUT2D eigenvalue weighted by Gasteiger charge is -2.30. The van der Waals surface area contributed by atoms with Gasteiger partial charge in [-0.3, -0.25) is 0 Å². The zero-order valence-corrected chi connectivity index (χ0v) is 18.2. The highest BCUT2D eigenvalue weighted by molar-refractivity contribution is 5.89. The van der Waals surface area contributed by atoms with Crippen molar-refractivity contribution in [2.24, 2.45) is 0 Å². The van der Waals surface area contributed by atoms with Gasteiger partial charge < -0.3 is 19.5 Å². The van der Waals surface area contributed by atoms with Gasteiger partial charge in [0.25, 0.3) is 0 Å². The Bertz CT molecular complexity index is 1000. The van der Waals surface area contributed by atoms with Gasteiger partial charge in [-0.25, -0.2) is 4.79 Å². The molecule has 1 aliphatic heterocycles. The average molecular weight is 421 g/mol. The van der Waals surface area contributed by atoms with E-state index >= 15 is 0 Å². The van der Waals surface area contributed by atoms with Crippen molar-refractivity contribution in [3.8, 4) is 17.1 Å². The summed E-state index contributed by atoms with van der Waals surface area (Å²) in [4.78, 5) is 19.0. The summed E-state index contributed by atoms with van der Waals surface area (Å²) in [5.41, 5.74) is 2.96. The van der Waals surface area contributed by atoms with E-state index in [2.05, 4.69) is 41.4 Å². The third kappa shape index (κ3) is 4.87. The number of nitrogens with zero attached hydrogens (tertiary/aromatic N) is 3. The van der Waals surface area contributed by atoms with E-state index in [-0.39, 0.29) is 11.9 Å². The maximum absolute atomic E-state index is 12.6. The molecule has 0 atom stereocenters. The van der Waals surface area contributed by atoms with Crippen molar-refractivity contribution in [2.75, 3.05) is 25.5 Å². The number of rotatable bonds is 5. The molecule has 3 aromatic rings. The van der Waals surface area contributed by atoms with E-state index in [1.807, 2.05) is 41.3 Å². The van der Waals surface area contributed by atoms with Crippen LogP contribution in [0.2, 0.25) is 0 Å².